The van der Waals surface area contributed by atoms with Crippen molar-refractivity contribution in [1.82, 2.24) is 9.55 Å². The van der Waals surface area contributed by atoms with Crippen molar-refractivity contribution in [3.8, 4) is 0 Å². The number of nitro groups is 1. The van der Waals surface area contributed by atoms with Gasteiger partial charge in [-0.25, -0.2) is 9.36 Å². The van der Waals surface area contributed by atoms with E-state index in [1.807, 2.05) is 0 Å². The molecule has 2 aromatic rings. The summed E-state index contributed by atoms with van der Waals surface area (Å²) in [5.41, 5.74) is -0.916. The summed E-state index contributed by atoms with van der Waals surface area (Å²) in [6, 6.07) is 6.91. The number of hydrogen-bond donors (Lipinski definition) is 1. The molecule has 1 N–H and O–H groups in total. The molecule has 1 atom stereocenters. The third kappa shape index (κ3) is 6.09. The number of halogens is 2. The van der Waals surface area contributed by atoms with Crippen molar-refractivity contribution in [3.63, 3.8) is 0 Å². The third-order valence-electron chi connectivity index (χ3n) is 5.15. The van der Waals surface area contributed by atoms with Gasteiger partial charge in [-0.1, -0.05) is 35.8 Å². The number of anilines is 1. The van der Waals surface area contributed by atoms with Gasteiger partial charge in [0, 0.05) is 16.8 Å². The summed E-state index contributed by atoms with van der Waals surface area (Å²) >= 11 is 11.7. The maximum atomic E-state index is 13.0. The fourth-order valence-electron chi connectivity index (χ4n) is 3.74. The van der Waals surface area contributed by atoms with Gasteiger partial charge < -0.3 is 20.0 Å². The molecule has 3 rings (SSSR count). The molecule has 0 radical (unpaired) electrons. The van der Waals surface area contributed by atoms with Gasteiger partial charge in [0.2, 0.25) is 5.15 Å². The second-order valence-corrected chi connectivity index (χ2v) is 8.76. The van der Waals surface area contributed by atoms with Crippen LogP contribution in [0.4, 0.5) is 16.4 Å². The van der Waals surface area contributed by atoms with E-state index in [4.69, 9.17) is 27.9 Å². The molecule has 0 spiro atoms. The summed E-state index contributed by atoms with van der Waals surface area (Å²) in [5.74, 6) is -0.499. The summed E-state index contributed by atoms with van der Waals surface area (Å²) in [4.78, 5) is 28.7. The predicted octanol–water partition coefficient (Wildman–Crippen LogP) is 4.83. The van der Waals surface area contributed by atoms with Crippen molar-refractivity contribution < 1.29 is 19.6 Å². The average Bonchev–Trinajstić information content (AvgIpc) is 3.09. The molecule has 1 aliphatic carbocycles. The first-order chi connectivity index (χ1) is 14.7. The smallest absolute Gasteiger partial charge is 0.436 e. The standard InChI is InChI=1S/C20H24Cl2N4O5/c1-20(28,12-24-11-17(22)23-18(24)26(29)30)13-31-19(27)25(15-5-3-2-4-6-15)16-9-7-14(21)8-10-16/h7-11,15,28H,2-6,12-13H2,1H3/t20-/m1/s1. The second kappa shape index (κ2) is 9.84. The van der Waals surface area contributed by atoms with Crippen molar-refractivity contribution >= 4 is 40.9 Å². The maximum Gasteiger partial charge on any atom is 0.436 e. The molecule has 1 heterocycles. The highest BCUT2D eigenvalue weighted by Crippen LogP contribution is 2.29. The zero-order valence-corrected chi connectivity index (χ0v) is 18.6. The molecule has 1 amide bonds. The SMILES string of the molecule is C[C@](O)(COC(=O)N(c1ccc(Cl)cc1)C1CCCCC1)Cn1cc(Cl)nc1[N+](=O)[O-]. The van der Waals surface area contributed by atoms with E-state index in [1.54, 1.807) is 29.2 Å². The van der Waals surface area contributed by atoms with E-state index in [0.29, 0.717) is 10.7 Å². The highest BCUT2D eigenvalue weighted by atomic mass is 35.5. The van der Waals surface area contributed by atoms with Crippen LogP contribution in [-0.2, 0) is 11.3 Å². The Morgan fingerprint density at radius 3 is 2.58 bits per heavy atom. The van der Waals surface area contributed by atoms with Crippen LogP contribution in [0.2, 0.25) is 10.2 Å². The molecule has 1 aromatic heterocycles. The number of ether oxygens (including phenoxy) is 1. The van der Waals surface area contributed by atoms with Gasteiger partial charge >= 0.3 is 12.0 Å². The number of amides is 1. The minimum Gasteiger partial charge on any atom is -0.446 e. The monoisotopic (exact) mass is 470 g/mol. The number of rotatable bonds is 7. The minimum atomic E-state index is -1.58. The van der Waals surface area contributed by atoms with Gasteiger partial charge in [0.15, 0.2) is 0 Å². The Morgan fingerprint density at radius 1 is 1.32 bits per heavy atom. The lowest BCUT2D eigenvalue weighted by atomic mass is 9.94. The molecule has 11 heteroatoms. The van der Waals surface area contributed by atoms with Crippen molar-refractivity contribution in [2.45, 2.75) is 57.2 Å². The molecule has 1 aliphatic rings. The lowest BCUT2D eigenvalue weighted by Crippen LogP contribution is -2.45. The first kappa shape index (κ1) is 23.3. The number of carbonyl (C=O) groups excluding carboxylic acids is 1. The molecule has 168 valence electrons. The number of imidazole rings is 1. The van der Waals surface area contributed by atoms with Crippen molar-refractivity contribution in [3.05, 3.63) is 50.8 Å². The van der Waals surface area contributed by atoms with Gasteiger partial charge in [-0.15, -0.1) is 0 Å². The van der Waals surface area contributed by atoms with E-state index in [2.05, 4.69) is 4.98 Å². The number of hydrogen-bond acceptors (Lipinski definition) is 6. The van der Waals surface area contributed by atoms with E-state index in [1.165, 1.54) is 13.1 Å². The van der Waals surface area contributed by atoms with Crippen LogP contribution in [0.25, 0.3) is 0 Å². The molecule has 9 nitrogen and oxygen atoms in total. The van der Waals surface area contributed by atoms with Crippen LogP contribution in [-0.4, -0.2) is 43.9 Å². The molecule has 1 saturated carbocycles. The van der Waals surface area contributed by atoms with Gasteiger partial charge in [0.1, 0.15) is 24.9 Å². The number of aliphatic hydroxyl groups is 1. The van der Waals surface area contributed by atoms with Crippen molar-refractivity contribution in [1.29, 1.82) is 0 Å². The Morgan fingerprint density at radius 2 is 1.97 bits per heavy atom. The number of benzene rings is 1. The van der Waals surface area contributed by atoms with Crippen LogP contribution in [0, 0.1) is 10.1 Å². The molecule has 1 fully saturated rings. The summed E-state index contributed by atoms with van der Waals surface area (Å²) in [6.45, 7) is 0.835. The van der Waals surface area contributed by atoms with Crippen LogP contribution in [0.3, 0.4) is 0 Å². The van der Waals surface area contributed by atoms with Gasteiger partial charge in [-0.2, -0.15) is 0 Å². The Bertz CT molecular complexity index is 926. The van der Waals surface area contributed by atoms with E-state index in [9.17, 15) is 20.0 Å². The highest BCUT2D eigenvalue weighted by Gasteiger charge is 2.33. The van der Waals surface area contributed by atoms with Crippen molar-refractivity contribution in [2.24, 2.45) is 0 Å². The molecule has 31 heavy (non-hydrogen) atoms. The molecular formula is C20H24Cl2N4O5. The van der Waals surface area contributed by atoms with E-state index in [-0.39, 0.29) is 24.3 Å². The first-order valence-electron chi connectivity index (χ1n) is 9.97. The topological polar surface area (TPSA) is 111 Å². The van der Waals surface area contributed by atoms with E-state index >= 15 is 0 Å². The highest BCUT2D eigenvalue weighted by molar-refractivity contribution is 6.30. The van der Waals surface area contributed by atoms with Gasteiger partial charge in [0.05, 0.1) is 0 Å². The predicted molar refractivity (Wildman–Crippen MR) is 117 cm³/mol. The Kier molecular flexibility index (Phi) is 7.40. The number of aromatic nitrogens is 2. The second-order valence-electron chi connectivity index (χ2n) is 7.94. The molecule has 0 saturated heterocycles. The van der Waals surface area contributed by atoms with Gasteiger partial charge in [-0.3, -0.25) is 4.90 Å². The normalized spacial score (nSPS) is 16.5. The summed E-state index contributed by atoms with van der Waals surface area (Å²) in [6.07, 6.45) is 5.53. The molecule has 0 unspecified atom stereocenters. The maximum absolute atomic E-state index is 13.0. The lowest BCUT2D eigenvalue weighted by Gasteiger charge is -2.34. The Balaban J connectivity index is 1.72. The summed E-state index contributed by atoms with van der Waals surface area (Å²) < 4.78 is 6.57. The third-order valence-corrected chi connectivity index (χ3v) is 5.58. The van der Waals surface area contributed by atoms with Crippen LogP contribution < -0.4 is 4.90 Å². The molecule has 0 bridgehead atoms. The lowest BCUT2D eigenvalue weighted by molar-refractivity contribution is -0.397. The zero-order chi connectivity index (χ0) is 22.6. The minimum absolute atomic E-state index is 0.0130. The van der Waals surface area contributed by atoms with Crippen LogP contribution in [0.5, 0.6) is 0 Å². The van der Waals surface area contributed by atoms with Crippen LogP contribution in [0.1, 0.15) is 39.0 Å². The largest absolute Gasteiger partial charge is 0.446 e. The summed E-state index contributed by atoms with van der Waals surface area (Å²) in [7, 11) is 0. The quantitative estimate of drug-likeness (QED) is 0.458. The van der Waals surface area contributed by atoms with Gasteiger partial charge in [-0.05, 0) is 60.6 Å². The number of carbonyl (C=O) groups is 1. The summed E-state index contributed by atoms with van der Waals surface area (Å²) in [5, 5.41) is 22.3. The average molecular weight is 471 g/mol. The van der Waals surface area contributed by atoms with Crippen molar-refractivity contribution in [2.75, 3.05) is 11.5 Å². The number of nitrogens with zero attached hydrogens (tertiary/aromatic N) is 4. The fourth-order valence-corrected chi connectivity index (χ4v) is 4.06. The molecule has 0 aliphatic heterocycles. The Hall–Kier alpha value is -2.36. The van der Waals surface area contributed by atoms with Crippen LogP contribution >= 0.6 is 23.2 Å². The van der Waals surface area contributed by atoms with Crippen LogP contribution in [0.15, 0.2) is 30.5 Å². The van der Waals surface area contributed by atoms with E-state index < -0.39 is 22.6 Å². The molecule has 1 aromatic carbocycles. The zero-order valence-electron chi connectivity index (χ0n) is 17.0. The Labute approximate surface area is 189 Å². The van der Waals surface area contributed by atoms with Gasteiger partial charge in [0.25, 0.3) is 0 Å². The first-order valence-corrected chi connectivity index (χ1v) is 10.7. The fraction of sp³-hybridized carbons (Fsp3) is 0.500. The van der Waals surface area contributed by atoms with E-state index in [0.717, 1.165) is 36.7 Å². The molecular weight excluding hydrogens is 447 g/mol.